The van der Waals surface area contributed by atoms with Crippen LogP contribution in [0, 0.1) is 5.92 Å². The molecule has 1 aromatic heterocycles. The highest BCUT2D eigenvalue weighted by Crippen LogP contribution is 2.11. The molecule has 92 valence electrons. The van der Waals surface area contributed by atoms with Gasteiger partial charge in [-0.25, -0.2) is 4.98 Å². The van der Waals surface area contributed by atoms with E-state index in [1.165, 1.54) is 12.8 Å². The molecule has 0 unspecified atom stereocenters. The van der Waals surface area contributed by atoms with E-state index in [9.17, 15) is 0 Å². The Kier molecular flexibility index (Phi) is 8.25. The Morgan fingerprint density at radius 1 is 1.25 bits per heavy atom. The number of aromatic nitrogens is 2. The first kappa shape index (κ1) is 15.4. The van der Waals surface area contributed by atoms with Crippen molar-refractivity contribution in [2.75, 3.05) is 25.0 Å². The molecule has 1 aliphatic rings. The number of rotatable bonds is 3. The number of nitrogens with one attached hydrogen (secondary N) is 2. The van der Waals surface area contributed by atoms with Gasteiger partial charge in [-0.05, 0) is 31.8 Å². The standard InChI is InChI=1S/C10H16N4.2ClH/c1-3-11-4-2-9(1)7-14-10-8-12-5-6-13-10;;/h5-6,8-9,11H,1-4,7H2,(H,13,14);2*1H. The molecule has 16 heavy (non-hydrogen) atoms. The lowest BCUT2D eigenvalue weighted by Gasteiger charge is -2.22. The average Bonchev–Trinajstić information content (AvgIpc) is 2.29. The second kappa shape index (κ2) is 8.56. The molecule has 0 aromatic carbocycles. The van der Waals surface area contributed by atoms with Gasteiger partial charge in [-0.1, -0.05) is 0 Å². The monoisotopic (exact) mass is 264 g/mol. The molecule has 0 amide bonds. The van der Waals surface area contributed by atoms with Crippen LogP contribution < -0.4 is 10.6 Å². The number of hydrogen-bond acceptors (Lipinski definition) is 4. The first-order chi connectivity index (χ1) is 6.95. The lowest BCUT2D eigenvalue weighted by molar-refractivity contribution is 0.389. The Balaban J connectivity index is 0.00000112. The molecule has 2 heterocycles. The zero-order valence-electron chi connectivity index (χ0n) is 9.06. The van der Waals surface area contributed by atoms with Crippen molar-refractivity contribution in [3.05, 3.63) is 18.6 Å². The maximum absolute atomic E-state index is 4.17. The van der Waals surface area contributed by atoms with Crippen LogP contribution in [0.25, 0.3) is 0 Å². The van der Waals surface area contributed by atoms with Crippen LogP contribution in [0.1, 0.15) is 12.8 Å². The Morgan fingerprint density at radius 3 is 2.62 bits per heavy atom. The zero-order valence-corrected chi connectivity index (χ0v) is 10.7. The van der Waals surface area contributed by atoms with E-state index in [2.05, 4.69) is 20.6 Å². The van der Waals surface area contributed by atoms with Gasteiger partial charge < -0.3 is 10.6 Å². The van der Waals surface area contributed by atoms with E-state index in [-0.39, 0.29) is 24.8 Å². The number of hydrogen-bond donors (Lipinski definition) is 2. The minimum Gasteiger partial charge on any atom is -0.369 e. The number of nitrogens with zero attached hydrogens (tertiary/aromatic N) is 2. The van der Waals surface area contributed by atoms with E-state index in [0.29, 0.717) is 0 Å². The highest BCUT2D eigenvalue weighted by atomic mass is 35.5. The van der Waals surface area contributed by atoms with Crippen LogP contribution in [0.5, 0.6) is 0 Å². The number of piperidine rings is 1. The maximum atomic E-state index is 4.17. The zero-order chi connectivity index (χ0) is 9.64. The molecule has 2 N–H and O–H groups in total. The normalized spacial score (nSPS) is 15.8. The van der Waals surface area contributed by atoms with Gasteiger partial charge in [0.15, 0.2) is 0 Å². The SMILES string of the molecule is Cl.Cl.c1cnc(NCC2CCNCC2)cn1. The van der Waals surface area contributed by atoms with Crippen LogP contribution in [0.3, 0.4) is 0 Å². The van der Waals surface area contributed by atoms with Crippen molar-refractivity contribution < 1.29 is 0 Å². The van der Waals surface area contributed by atoms with Gasteiger partial charge in [0, 0.05) is 18.9 Å². The summed E-state index contributed by atoms with van der Waals surface area (Å²) in [6.45, 7) is 3.31. The van der Waals surface area contributed by atoms with Crippen molar-refractivity contribution in [1.82, 2.24) is 15.3 Å². The molecule has 1 aliphatic heterocycles. The number of anilines is 1. The van der Waals surface area contributed by atoms with Gasteiger partial charge in [0.25, 0.3) is 0 Å². The molecule has 4 nitrogen and oxygen atoms in total. The Hall–Kier alpha value is -0.580. The van der Waals surface area contributed by atoms with Gasteiger partial charge in [-0.3, -0.25) is 4.98 Å². The maximum Gasteiger partial charge on any atom is 0.144 e. The highest BCUT2D eigenvalue weighted by molar-refractivity contribution is 5.85. The topological polar surface area (TPSA) is 49.8 Å². The van der Waals surface area contributed by atoms with Crippen molar-refractivity contribution in [3.8, 4) is 0 Å². The molecule has 1 saturated heterocycles. The summed E-state index contributed by atoms with van der Waals surface area (Å²) < 4.78 is 0. The van der Waals surface area contributed by atoms with E-state index < -0.39 is 0 Å². The highest BCUT2D eigenvalue weighted by Gasteiger charge is 2.12. The molecule has 0 radical (unpaired) electrons. The Bertz CT molecular complexity index is 265. The van der Waals surface area contributed by atoms with Gasteiger partial charge in [0.1, 0.15) is 5.82 Å². The Labute approximate surface area is 108 Å². The second-order valence-corrected chi connectivity index (χ2v) is 3.66. The molecule has 2 rings (SSSR count). The predicted octanol–water partition coefficient (Wildman–Crippen LogP) is 1.73. The summed E-state index contributed by atoms with van der Waals surface area (Å²) in [5.74, 6) is 1.66. The molecule has 0 aliphatic carbocycles. The van der Waals surface area contributed by atoms with E-state index in [1.54, 1.807) is 18.6 Å². The molecule has 0 atom stereocenters. The summed E-state index contributed by atoms with van der Waals surface area (Å²) in [4.78, 5) is 8.18. The van der Waals surface area contributed by atoms with Crippen LogP contribution in [-0.2, 0) is 0 Å². The smallest absolute Gasteiger partial charge is 0.144 e. The molecule has 0 saturated carbocycles. The van der Waals surface area contributed by atoms with Crippen molar-refractivity contribution in [2.45, 2.75) is 12.8 Å². The van der Waals surface area contributed by atoms with Gasteiger partial charge >= 0.3 is 0 Å². The second-order valence-electron chi connectivity index (χ2n) is 3.66. The van der Waals surface area contributed by atoms with Crippen molar-refractivity contribution in [1.29, 1.82) is 0 Å². The summed E-state index contributed by atoms with van der Waals surface area (Å²) in [6, 6.07) is 0. The van der Waals surface area contributed by atoms with Gasteiger partial charge in [-0.2, -0.15) is 0 Å². The van der Waals surface area contributed by atoms with Crippen LogP contribution in [0.4, 0.5) is 5.82 Å². The molecule has 6 heteroatoms. The minimum absolute atomic E-state index is 0. The lowest BCUT2D eigenvalue weighted by atomic mass is 9.98. The molecule has 1 fully saturated rings. The average molecular weight is 265 g/mol. The van der Waals surface area contributed by atoms with Crippen LogP contribution in [-0.4, -0.2) is 29.6 Å². The molecule has 0 spiro atoms. The van der Waals surface area contributed by atoms with Crippen LogP contribution in [0.15, 0.2) is 18.6 Å². The third kappa shape index (κ3) is 4.96. The molecule has 1 aromatic rings. The third-order valence-corrected chi connectivity index (χ3v) is 2.59. The van der Waals surface area contributed by atoms with Crippen molar-refractivity contribution in [3.63, 3.8) is 0 Å². The van der Waals surface area contributed by atoms with Gasteiger partial charge in [-0.15, -0.1) is 24.8 Å². The number of halogens is 2. The van der Waals surface area contributed by atoms with Crippen molar-refractivity contribution in [2.24, 2.45) is 5.92 Å². The van der Waals surface area contributed by atoms with Crippen LogP contribution >= 0.6 is 24.8 Å². The Morgan fingerprint density at radius 2 is 2.00 bits per heavy atom. The van der Waals surface area contributed by atoms with Gasteiger partial charge in [0.05, 0.1) is 6.20 Å². The lowest BCUT2D eigenvalue weighted by Crippen LogP contribution is -2.31. The summed E-state index contributed by atoms with van der Waals surface area (Å²) in [5, 5.41) is 6.67. The summed E-state index contributed by atoms with van der Waals surface area (Å²) >= 11 is 0. The van der Waals surface area contributed by atoms with E-state index in [1.807, 2.05) is 0 Å². The summed E-state index contributed by atoms with van der Waals surface area (Å²) in [6.07, 6.45) is 7.68. The summed E-state index contributed by atoms with van der Waals surface area (Å²) in [7, 11) is 0. The van der Waals surface area contributed by atoms with E-state index in [4.69, 9.17) is 0 Å². The first-order valence-electron chi connectivity index (χ1n) is 5.16. The fraction of sp³-hybridized carbons (Fsp3) is 0.600. The molecular weight excluding hydrogens is 247 g/mol. The van der Waals surface area contributed by atoms with Gasteiger partial charge in [0.2, 0.25) is 0 Å². The fourth-order valence-corrected chi connectivity index (χ4v) is 1.73. The molecule has 0 bridgehead atoms. The third-order valence-electron chi connectivity index (χ3n) is 2.59. The quantitative estimate of drug-likeness (QED) is 0.874. The predicted molar refractivity (Wildman–Crippen MR) is 70.6 cm³/mol. The first-order valence-corrected chi connectivity index (χ1v) is 5.16. The fourth-order valence-electron chi connectivity index (χ4n) is 1.73. The van der Waals surface area contributed by atoms with E-state index >= 15 is 0 Å². The van der Waals surface area contributed by atoms with Crippen LogP contribution in [0.2, 0.25) is 0 Å². The largest absolute Gasteiger partial charge is 0.369 e. The van der Waals surface area contributed by atoms with E-state index in [0.717, 1.165) is 31.4 Å². The minimum atomic E-state index is 0. The molecular formula is C10H18Cl2N4. The summed E-state index contributed by atoms with van der Waals surface area (Å²) in [5.41, 5.74) is 0. The van der Waals surface area contributed by atoms with Crippen molar-refractivity contribution >= 4 is 30.6 Å².